The number of aliphatic carboxylic acids is 1. The van der Waals surface area contributed by atoms with Gasteiger partial charge in [0.25, 0.3) is 0 Å². The largest absolute Gasteiger partial charge is 0.480 e. The van der Waals surface area contributed by atoms with Crippen LogP contribution in [-0.2, 0) is 19.2 Å². The van der Waals surface area contributed by atoms with E-state index in [0.717, 1.165) is 0 Å². The molecule has 0 aromatic carbocycles. The monoisotopic (exact) mass is 404 g/mol. The number of carbonyl (C=O) groups is 4. The van der Waals surface area contributed by atoms with Crippen molar-refractivity contribution in [3.63, 3.8) is 0 Å². The van der Waals surface area contributed by atoms with Crippen LogP contribution in [0.15, 0.2) is 0 Å². The Balaban J connectivity index is 5.17. The summed E-state index contributed by atoms with van der Waals surface area (Å²) in [6, 6.07) is -3.78. The van der Waals surface area contributed by atoms with Crippen LogP contribution >= 0.6 is 12.6 Å². The van der Waals surface area contributed by atoms with Crippen LogP contribution in [0, 0.1) is 11.8 Å². The van der Waals surface area contributed by atoms with Gasteiger partial charge in [0.1, 0.15) is 18.1 Å². The first kappa shape index (κ1) is 25.2. The van der Waals surface area contributed by atoms with Crippen molar-refractivity contribution < 1.29 is 24.3 Å². The summed E-state index contributed by atoms with van der Waals surface area (Å²) in [4.78, 5) is 48.0. The van der Waals surface area contributed by atoms with Crippen molar-refractivity contribution in [3.05, 3.63) is 0 Å². The Morgan fingerprint density at radius 3 is 1.93 bits per heavy atom. The molecule has 0 fully saturated rings. The van der Waals surface area contributed by atoms with E-state index in [1.807, 2.05) is 6.92 Å². The average Bonchev–Trinajstić information content (AvgIpc) is 2.61. The van der Waals surface area contributed by atoms with Crippen molar-refractivity contribution in [2.24, 2.45) is 17.6 Å². The zero-order valence-corrected chi connectivity index (χ0v) is 17.4. The third-order valence-corrected chi connectivity index (χ3v) is 4.72. The summed E-state index contributed by atoms with van der Waals surface area (Å²) in [6.45, 7) is 8.51. The lowest BCUT2D eigenvalue weighted by Crippen LogP contribution is -2.59. The second-order valence-corrected chi connectivity index (χ2v) is 7.32. The average molecular weight is 405 g/mol. The van der Waals surface area contributed by atoms with Gasteiger partial charge in [-0.2, -0.15) is 12.6 Å². The van der Waals surface area contributed by atoms with Gasteiger partial charge in [-0.25, -0.2) is 0 Å². The Bertz CT molecular complexity index is 543. The van der Waals surface area contributed by atoms with E-state index >= 15 is 0 Å². The topological polar surface area (TPSA) is 151 Å². The minimum absolute atomic E-state index is 0.0166. The number of nitrogens with one attached hydrogen (secondary N) is 3. The molecule has 0 rings (SSSR count). The number of amides is 3. The van der Waals surface area contributed by atoms with Crippen molar-refractivity contribution in [2.45, 2.75) is 65.2 Å². The Labute approximate surface area is 165 Å². The molecule has 0 spiro atoms. The van der Waals surface area contributed by atoms with Crippen LogP contribution in [-0.4, -0.2) is 58.7 Å². The van der Waals surface area contributed by atoms with Gasteiger partial charge < -0.3 is 26.8 Å². The fourth-order valence-corrected chi connectivity index (χ4v) is 2.34. The smallest absolute Gasteiger partial charge is 0.325 e. The number of hydrogen-bond acceptors (Lipinski definition) is 6. The first-order valence-corrected chi connectivity index (χ1v) is 9.59. The number of nitrogens with two attached hydrogens (primary N) is 1. The van der Waals surface area contributed by atoms with Crippen molar-refractivity contribution in [1.29, 1.82) is 0 Å². The third-order valence-electron chi connectivity index (χ3n) is 4.36. The first-order chi connectivity index (χ1) is 12.5. The number of carboxylic acid groups (broad SMARTS) is 1. The lowest BCUT2D eigenvalue weighted by atomic mass is 9.97. The maximum atomic E-state index is 12.5. The summed E-state index contributed by atoms with van der Waals surface area (Å²) in [6.07, 6.45) is 0.579. The lowest BCUT2D eigenvalue weighted by molar-refractivity contribution is -0.142. The lowest BCUT2D eigenvalue weighted by Gasteiger charge is -2.27. The predicted molar refractivity (Wildman–Crippen MR) is 105 cm³/mol. The quantitative estimate of drug-likeness (QED) is 0.256. The first-order valence-electron chi connectivity index (χ1n) is 8.96. The molecule has 0 radical (unpaired) electrons. The zero-order valence-electron chi connectivity index (χ0n) is 16.5. The summed E-state index contributed by atoms with van der Waals surface area (Å²) in [5.74, 6) is -3.19. The second kappa shape index (κ2) is 11.8. The van der Waals surface area contributed by atoms with Crippen LogP contribution in [0.25, 0.3) is 0 Å². The van der Waals surface area contributed by atoms with Crippen molar-refractivity contribution >= 4 is 36.3 Å². The summed E-state index contributed by atoms with van der Waals surface area (Å²) in [5.41, 5.74) is 5.78. The van der Waals surface area contributed by atoms with Gasteiger partial charge in [-0.15, -0.1) is 0 Å². The molecular formula is C17H32N4O5S. The Kier molecular flexibility index (Phi) is 11.0. The number of hydrogen-bond donors (Lipinski definition) is 6. The minimum Gasteiger partial charge on any atom is -0.480 e. The minimum atomic E-state index is -1.18. The van der Waals surface area contributed by atoms with Crippen LogP contribution < -0.4 is 21.7 Å². The number of carboxylic acids is 1. The van der Waals surface area contributed by atoms with E-state index in [9.17, 15) is 19.2 Å². The standard InChI is InChI=1S/C17H32N4O5S/c1-6-9(4)13(16(24)19-10(5)17(25)26)21-14(22)11(7-27)20-15(23)12(18)8(2)3/h8-13,27H,6-7,18H2,1-5H3,(H,19,24)(H,20,23)(H,21,22)(H,25,26). The molecule has 10 heteroatoms. The molecule has 0 aliphatic carbocycles. The molecule has 5 atom stereocenters. The van der Waals surface area contributed by atoms with Crippen molar-refractivity contribution in [2.75, 3.05) is 5.75 Å². The van der Waals surface area contributed by atoms with Crippen LogP contribution in [0.5, 0.6) is 0 Å². The van der Waals surface area contributed by atoms with Crippen molar-refractivity contribution in [1.82, 2.24) is 16.0 Å². The maximum absolute atomic E-state index is 12.5. The molecule has 0 heterocycles. The van der Waals surface area contributed by atoms with Gasteiger partial charge in [0.15, 0.2) is 0 Å². The van der Waals surface area contributed by atoms with Gasteiger partial charge in [0.05, 0.1) is 6.04 Å². The van der Waals surface area contributed by atoms with Crippen LogP contribution in [0.3, 0.4) is 0 Å². The zero-order chi connectivity index (χ0) is 21.3. The van der Waals surface area contributed by atoms with E-state index in [-0.39, 0.29) is 17.6 Å². The SMILES string of the molecule is CCC(C)C(NC(=O)C(CS)NC(=O)C(N)C(C)C)C(=O)NC(C)C(=O)O. The molecule has 0 saturated heterocycles. The van der Waals surface area contributed by atoms with E-state index < -0.39 is 47.9 Å². The molecule has 156 valence electrons. The van der Waals surface area contributed by atoms with E-state index in [1.54, 1.807) is 20.8 Å². The van der Waals surface area contributed by atoms with Gasteiger partial charge >= 0.3 is 5.97 Å². The highest BCUT2D eigenvalue weighted by Crippen LogP contribution is 2.09. The maximum Gasteiger partial charge on any atom is 0.325 e. The molecule has 3 amide bonds. The van der Waals surface area contributed by atoms with Gasteiger partial charge in [0, 0.05) is 5.75 Å². The highest BCUT2D eigenvalue weighted by atomic mass is 32.1. The summed E-state index contributed by atoms with van der Waals surface area (Å²) >= 11 is 4.09. The van der Waals surface area contributed by atoms with Crippen LogP contribution in [0.2, 0.25) is 0 Å². The molecule has 0 aromatic rings. The molecule has 9 nitrogen and oxygen atoms in total. The highest BCUT2D eigenvalue weighted by molar-refractivity contribution is 7.80. The summed E-state index contributed by atoms with van der Waals surface area (Å²) < 4.78 is 0. The van der Waals surface area contributed by atoms with Gasteiger partial charge in [0.2, 0.25) is 17.7 Å². The molecule has 0 saturated carbocycles. The molecule has 0 aliphatic heterocycles. The van der Waals surface area contributed by atoms with Gasteiger partial charge in [-0.05, 0) is 18.8 Å². The number of carbonyl (C=O) groups excluding carboxylic acids is 3. The molecule has 6 N–H and O–H groups in total. The Hall–Kier alpha value is -1.81. The molecule has 5 unspecified atom stereocenters. The molecule has 0 aromatic heterocycles. The molecule has 0 bridgehead atoms. The second-order valence-electron chi connectivity index (χ2n) is 6.95. The third kappa shape index (κ3) is 8.17. The van der Waals surface area contributed by atoms with Gasteiger partial charge in [-0.1, -0.05) is 34.1 Å². The number of rotatable bonds is 11. The molecule has 0 aliphatic rings. The van der Waals surface area contributed by atoms with Crippen molar-refractivity contribution in [3.8, 4) is 0 Å². The van der Waals surface area contributed by atoms with E-state index in [2.05, 4.69) is 28.6 Å². The number of thiol groups is 1. The Morgan fingerprint density at radius 2 is 1.52 bits per heavy atom. The van der Waals surface area contributed by atoms with E-state index in [1.165, 1.54) is 6.92 Å². The van der Waals surface area contributed by atoms with Gasteiger partial charge in [-0.3, -0.25) is 19.2 Å². The predicted octanol–water partition coefficient (Wildman–Crippen LogP) is -0.495. The van der Waals surface area contributed by atoms with Crippen LogP contribution in [0.1, 0.15) is 41.0 Å². The van der Waals surface area contributed by atoms with E-state index in [0.29, 0.717) is 6.42 Å². The normalized spacial score (nSPS) is 16.6. The Morgan fingerprint density at radius 1 is 0.963 bits per heavy atom. The molecular weight excluding hydrogens is 372 g/mol. The molecule has 27 heavy (non-hydrogen) atoms. The summed E-state index contributed by atoms with van der Waals surface area (Å²) in [7, 11) is 0. The fourth-order valence-electron chi connectivity index (χ4n) is 2.09. The summed E-state index contributed by atoms with van der Waals surface area (Å²) in [5, 5.41) is 16.4. The van der Waals surface area contributed by atoms with E-state index in [4.69, 9.17) is 10.8 Å². The fraction of sp³-hybridized carbons (Fsp3) is 0.765. The van der Waals surface area contributed by atoms with Crippen LogP contribution in [0.4, 0.5) is 0 Å². The highest BCUT2D eigenvalue weighted by Gasteiger charge is 2.31.